The second kappa shape index (κ2) is 5.66. The van der Waals surface area contributed by atoms with Gasteiger partial charge in [0.1, 0.15) is 17.7 Å². The molecule has 3 heterocycles. The van der Waals surface area contributed by atoms with Crippen molar-refractivity contribution in [1.29, 1.82) is 0 Å². The van der Waals surface area contributed by atoms with Crippen LogP contribution in [0.5, 0.6) is 5.75 Å². The van der Waals surface area contributed by atoms with Crippen LogP contribution in [0.1, 0.15) is 23.3 Å². The molecule has 2 aliphatic rings. The number of benzene rings is 1. The maximum absolute atomic E-state index is 12.7. The average molecular weight is 314 g/mol. The van der Waals surface area contributed by atoms with Gasteiger partial charge in [0, 0.05) is 13.0 Å². The van der Waals surface area contributed by atoms with Crippen LogP contribution in [0.2, 0.25) is 0 Å². The Bertz CT molecular complexity index is 705. The maximum atomic E-state index is 12.7. The van der Waals surface area contributed by atoms with Crippen molar-refractivity contribution >= 4 is 5.91 Å². The van der Waals surface area contributed by atoms with E-state index in [9.17, 15) is 4.79 Å². The third-order valence-corrected chi connectivity index (χ3v) is 4.20. The van der Waals surface area contributed by atoms with E-state index in [0.717, 1.165) is 17.1 Å². The number of morpholine rings is 1. The number of nitrogens with zero attached hydrogens (tertiary/aromatic N) is 3. The number of para-hydroxylation sites is 1. The minimum atomic E-state index is -0.444. The van der Waals surface area contributed by atoms with Crippen molar-refractivity contribution in [3.63, 3.8) is 0 Å². The van der Waals surface area contributed by atoms with Crippen LogP contribution in [0.3, 0.4) is 0 Å². The molecule has 0 spiro atoms. The van der Waals surface area contributed by atoms with Crippen molar-refractivity contribution in [2.24, 2.45) is 0 Å². The predicted octanol–water partition coefficient (Wildman–Crippen LogP) is 1.02. The summed E-state index contributed by atoms with van der Waals surface area (Å²) in [5.74, 6) is 2.14. The molecule has 23 heavy (non-hydrogen) atoms. The Kier molecular flexibility index (Phi) is 3.49. The van der Waals surface area contributed by atoms with Gasteiger partial charge in [0.05, 0.1) is 13.2 Å². The predicted molar refractivity (Wildman–Crippen MR) is 81.0 cm³/mol. The zero-order valence-electron chi connectivity index (χ0n) is 12.9. The van der Waals surface area contributed by atoms with Crippen LogP contribution in [0, 0.1) is 6.92 Å². The molecule has 1 aromatic heterocycles. The smallest absolute Gasteiger partial charge is 0.264 e. The maximum Gasteiger partial charge on any atom is 0.264 e. The van der Waals surface area contributed by atoms with E-state index in [1.165, 1.54) is 0 Å². The number of nitrogens with one attached hydrogen (secondary N) is 1. The molecule has 2 aliphatic heterocycles. The minimum Gasteiger partial charge on any atom is -0.480 e. The van der Waals surface area contributed by atoms with Gasteiger partial charge in [-0.25, -0.2) is 4.98 Å². The Morgan fingerprint density at radius 2 is 2.26 bits per heavy atom. The Hall–Kier alpha value is -2.41. The molecule has 7 heteroatoms. The van der Waals surface area contributed by atoms with Crippen LogP contribution in [-0.4, -0.2) is 51.8 Å². The number of hydrogen-bond acceptors (Lipinski definition) is 5. The van der Waals surface area contributed by atoms with Gasteiger partial charge in [-0.1, -0.05) is 18.2 Å². The molecule has 7 nitrogen and oxygen atoms in total. The van der Waals surface area contributed by atoms with E-state index in [2.05, 4.69) is 15.2 Å². The highest BCUT2D eigenvalue weighted by Crippen LogP contribution is 2.30. The number of carbonyl (C=O) groups excluding carboxylic acids is 1. The van der Waals surface area contributed by atoms with E-state index in [4.69, 9.17) is 9.47 Å². The second-order valence-corrected chi connectivity index (χ2v) is 5.84. The van der Waals surface area contributed by atoms with Gasteiger partial charge in [-0.05, 0) is 18.6 Å². The van der Waals surface area contributed by atoms with Crippen LogP contribution in [0.4, 0.5) is 0 Å². The average Bonchev–Trinajstić information content (AvgIpc) is 3.20. The Morgan fingerprint density at radius 3 is 3.04 bits per heavy atom. The molecule has 0 radical (unpaired) electrons. The third-order valence-electron chi connectivity index (χ3n) is 4.20. The van der Waals surface area contributed by atoms with Crippen molar-refractivity contribution in [3.05, 3.63) is 41.5 Å². The lowest BCUT2D eigenvalue weighted by Gasteiger charge is -2.32. The molecule has 1 amide bonds. The number of aryl methyl sites for hydroxylation is 1. The van der Waals surface area contributed by atoms with Crippen molar-refractivity contribution in [2.45, 2.75) is 25.6 Å². The molecule has 0 saturated carbocycles. The van der Waals surface area contributed by atoms with Crippen molar-refractivity contribution < 1.29 is 14.3 Å². The van der Waals surface area contributed by atoms with Gasteiger partial charge in [-0.2, -0.15) is 5.10 Å². The topological polar surface area (TPSA) is 80.3 Å². The summed E-state index contributed by atoms with van der Waals surface area (Å²) in [6, 6.07) is 7.79. The summed E-state index contributed by atoms with van der Waals surface area (Å²) < 4.78 is 11.5. The van der Waals surface area contributed by atoms with Crippen LogP contribution in [0.15, 0.2) is 24.3 Å². The molecular weight excluding hydrogens is 296 g/mol. The quantitative estimate of drug-likeness (QED) is 0.895. The first-order valence-corrected chi connectivity index (χ1v) is 7.74. The Morgan fingerprint density at radius 1 is 1.39 bits per heavy atom. The second-order valence-electron chi connectivity index (χ2n) is 5.84. The summed E-state index contributed by atoms with van der Waals surface area (Å²) in [4.78, 5) is 18.8. The molecule has 0 aliphatic carbocycles. The Labute approximate surface area is 133 Å². The van der Waals surface area contributed by atoms with Gasteiger partial charge in [0.2, 0.25) is 0 Å². The van der Waals surface area contributed by atoms with Gasteiger partial charge in [0.25, 0.3) is 5.91 Å². The number of carbonyl (C=O) groups is 1. The molecule has 0 unspecified atom stereocenters. The molecule has 4 rings (SSSR count). The molecule has 120 valence electrons. The first-order valence-electron chi connectivity index (χ1n) is 7.74. The summed E-state index contributed by atoms with van der Waals surface area (Å²) in [6.45, 7) is 3.33. The lowest BCUT2D eigenvalue weighted by molar-refractivity contribution is -0.146. The highest BCUT2D eigenvalue weighted by Gasteiger charge is 2.35. The zero-order chi connectivity index (χ0) is 15.8. The minimum absolute atomic E-state index is 0.00163. The number of fused-ring (bicyclic) bond motifs is 1. The number of hydrogen-bond donors (Lipinski definition) is 1. The monoisotopic (exact) mass is 314 g/mol. The molecule has 1 saturated heterocycles. The van der Waals surface area contributed by atoms with Crippen molar-refractivity contribution in [3.8, 4) is 5.75 Å². The largest absolute Gasteiger partial charge is 0.480 e. The van der Waals surface area contributed by atoms with Crippen molar-refractivity contribution in [1.82, 2.24) is 20.1 Å². The van der Waals surface area contributed by atoms with Gasteiger partial charge in [-0.3, -0.25) is 9.89 Å². The van der Waals surface area contributed by atoms with Gasteiger partial charge < -0.3 is 14.4 Å². The molecular formula is C16H18N4O3. The third kappa shape index (κ3) is 2.68. The van der Waals surface area contributed by atoms with E-state index >= 15 is 0 Å². The number of aromatic amines is 1. The Balaban J connectivity index is 1.45. The zero-order valence-corrected chi connectivity index (χ0v) is 12.9. The molecule has 0 bridgehead atoms. The van der Waals surface area contributed by atoms with Gasteiger partial charge in [0.15, 0.2) is 11.9 Å². The molecule has 1 fully saturated rings. The summed E-state index contributed by atoms with van der Waals surface area (Å²) in [5.41, 5.74) is 1.08. The van der Waals surface area contributed by atoms with Crippen LogP contribution in [0.25, 0.3) is 0 Å². The molecule has 1 aromatic carbocycles. The first-order chi connectivity index (χ1) is 11.2. The van der Waals surface area contributed by atoms with E-state index in [-0.39, 0.29) is 12.0 Å². The summed E-state index contributed by atoms with van der Waals surface area (Å²) >= 11 is 0. The first kappa shape index (κ1) is 14.2. The normalized spacial score (nSPS) is 23.4. The summed E-state index contributed by atoms with van der Waals surface area (Å²) in [6.07, 6.45) is -0.113. The standard InChI is InChI=1S/C16H18N4O3/c1-10-17-15(19-18-10)14-9-20(6-7-22-14)16(21)13-8-11-4-2-3-5-12(11)23-13/h2-5,13-14H,6-9H2,1H3,(H,17,18,19)/t13-,14+/m0/s1. The molecule has 2 atom stereocenters. The van der Waals surface area contributed by atoms with Gasteiger partial charge in [-0.15, -0.1) is 0 Å². The van der Waals surface area contributed by atoms with Crippen molar-refractivity contribution in [2.75, 3.05) is 19.7 Å². The lowest BCUT2D eigenvalue weighted by Crippen LogP contribution is -2.48. The molecule has 1 N–H and O–H groups in total. The summed E-state index contributed by atoms with van der Waals surface area (Å²) in [7, 11) is 0. The fourth-order valence-electron chi connectivity index (χ4n) is 3.03. The van der Waals surface area contributed by atoms with Crippen LogP contribution >= 0.6 is 0 Å². The highest BCUT2D eigenvalue weighted by atomic mass is 16.5. The van der Waals surface area contributed by atoms with Crippen LogP contribution < -0.4 is 4.74 Å². The number of amides is 1. The fourth-order valence-corrected chi connectivity index (χ4v) is 3.03. The lowest BCUT2D eigenvalue weighted by atomic mass is 10.1. The summed E-state index contributed by atoms with van der Waals surface area (Å²) in [5, 5.41) is 6.94. The van der Waals surface area contributed by atoms with E-state index in [1.54, 1.807) is 4.90 Å². The number of H-pyrrole nitrogens is 1. The number of aromatic nitrogens is 3. The number of rotatable bonds is 2. The van der Waals surface area contributed by atoms with E-state index in [0.29, 0.717) is 31.9 Å². The number of ether oxygens (including phenoxy) is 2. The SMILES string of the molecule is Cc1nc([C@H]2CN(C(=O)[C@@H]3Cc4ccccc4O3)CCO2)n[nH]1. The van der Waals surface area contributed by atoms with Crippen LogP contribution in [-0.2, 0) is 16.0 Å². The van der Waals surface area contributed by atoms with Gasteiger partial charge >= 0.3 is 0 Å². The van der Waals surface area contributed by atoms with E-state index in [1.807, 2.05) is 31.2 Å². The highest BCUT2D eigenvalue weighted by molar-refractivity contribution is 5.82. The fraction of sp³-hybridized carbons (Fsp3) is 0.438. The molecule has 2 aromatic rings. The van der Waals surface area contributed by atoms with E-state index < -0.39 is 6.10 Å².